The Labute approximate surface area is 412 Å². The number of benzene rings is 8. The van der Waals surface area contributed by atoms with Crippen molar-refractivity contribution in [1.82, 2.24) is 18.7 Å². The number of rotatable bonds is 8. The van der Waals surface area contributed by atoms with Gasteiger partial charge < -0.3 is 0 Å². The topological polar surface area (TPSA) is 36.9 Å². The second-order valence-electron chi connectivity index (χ2n) is 18.8. The molecule has 0 spiro atoms. The number of imidazole rings is 1. The van der Waals surface area contributed by atoms with Gasteiger partial charge in [0.15, 0.2) is 0 Å². The van der Waals surface area contributed by atoms with E-state index in [9.17, 15) is 0 Å². The van der Waals surface area contributed by atoms with Gasteiger partial charge in [-0.15, -0.1) is 0 Å². The number of aromatic nitrogens is 4. The fraction of sp³-hybridized carbons (Fsp3) is 0.129. The first-order valence-electron chi connectivity index (χ1n) is 24.8. The summed E-state index contributed by atoms with van der Waals surface area (Å²) in [4.78, 5) is 4.99. The minimum absolute atomic E-state index is 0.0289. The maximum atomic E-state index is 8.68. The number of para-hydroxylation sites is 3. The molecule has 0 unspecified atom stereocenters. The third-order valence-electron chi connectivity index (χ3n) is 13.6. The van der Waals surface area contributed by atoms with Crippen LogP contribution in [0.15, 0.2) is 194 Å². The molecule has 0 bridgehead atoms. The van der Waals surface area contributed by atoms with Gasteiger partial charge in [0.05, 0.1) is 0 Å². The van der Waals surface area contributed by atoms with E-state index in [0.29, 0.717) is 22.9 Å². The summed E-state index contributed by atoms with van der Waals surface area (Å²) >= 11 is 2.52. The predicted octanol–water partition coefficient (Wildman–Crippen LogP) is 15.9. The van der Waals surface area contributed by atoms with E-state index < -0.39 is 6.85 Å². The van der Waals surface area contributed by atoms with Crippen molar-refractivity contribution in [3.63, 3.8) is 0 Å². The van der Waals surface area contributed by atoms with Crippen molar-refractivity contribution >= 4 is 32.8 Å². The van der Waals surface area contributed by atoms with Crippen LogP contribution in [0.3, 0.4) is 0 Å². The van der Waals surface area contributed by atoms with Crippen LogP contribution < -0.4 is 4.74 Å². The van der Waals surface area contributed by atoms with Crippen LogP contribution in [0.4, 0.5) is 0 Å². The van der Waals surface area contributed by atoms with Gasteiger partial charge >= 0.3 is 312 Å². The van der Waals surface area contributed by atoms with E-state index in [2.05, 4.69) is 187 Å². The quantitative estimate of drug-likeness (QED) is 0.152. The molecule has 12 rings (SSSR count). The van der Waals surface area contributed by atoms with E-state index in [4.69, 9.17) is 13.8 Å². The zero-order valence-corrected chi connectivity index (χ0v) is 40.4. The summed E-state index contributed by atoms with van der Waals surface area (Å²) in [6.45, 7) is 4.13. The average Bonchev–Trinajstić information content (AvgIpc) is 4.07. The molecule has 0 saturated heterocycles. The van der Waals surface area contributed by atoms with Crippen LogP contribution >= 0.6 is 0 Å². The Morgan fingerprint density at radius 3 is 1.97 bits per heavy atom. The van der Waals surface area contributed by atoms with Gasteiger partial charge in [-0.1, -0.05) is 57.2 Å². The van der Waals surface area contributed by atoms with E-state index in [-0.39, 0.29) is 11.0 Å². The molecule has 6 heteroatoms. The van der Waals surface area contributed by atoms with Crippen LogP contribution in [0.25, 0.3) is 83.4 Å². The van der Waals surface area contributed by atoms with Gasteiger partial charge in [-0.05, 0) is 29.0 Å². The summed E-state index contributed by atoms with van der Waals surface area (Å²) in [5.41, 5.74) is 16.7. The van der Waals surface area contributed by atoms with Crippen LogP contribution in [0, 0.1) is 10.7 Å². The number of aryl methyl sites for hydroxylation is 2. The molecule has 0 N–H and O–H groups in total. The number of hydrogen-bond donors (Lipinski definition) is 0. The fourth-order valence-corrected chi connectivity index (χ4v) is 11.4. The van der Waals surface area contributed by atoms with Gasteiger partial charge in [0.2, 0.25) is 0 Å². The van der Waals surface area contributed by atoms with Gasteiger partial charge in [0.1, 0.15) is 0 Å². The molecule has 1 aliphatic rings. The molecule has 0 amide bonds. The van der Waals surface area contributed by atoms with Gasteiger partial charge in [0.25, 0.3) is 0 Å². The molecule has 3 aromatic heterocycles. The second-order valence-corrected chi connectivity index (χ2v) is 19.8. The molecule has 334 valence electrons. The fourth-order valence-electron chi connectivity index (χ4n) is 10.3. The first-order valence-corrected chi connectivity index (χ1v) is 24.5. The SMILES string of the molecule is [2H]C([2H])([2H])c1cc(-n2c3ccccc3c3ccc(Oc4cccc(-n5[c](=[Pt])n(-c6c(-c7ccccc7)cc7c(c6-c6ccccc6)CCC7)c6ccccc65)c4)cc32)ncc1-c1ccc(C(C)(C)C)cc1. The first kappa shape index (κ1) is 38.7. The molecule has 8 aromatic carbocycles. The Hall–Kier alpha value is -7.33. The van der Waals surface area contributed by atoms with E-state index in [1.165, 1.54) is 44.6 Å². The summed E-state index contributed by atoms with van der Waals surface area (Å²) in [6.07, 6.45) is 4.97. The predicted molar refractivity (Wildman–Crippen MR) is 276 cm³/mol. The van der Waals surface area contributed by atoms with Crippen LogP contribution in [-0.4, -0.2) is 18.7 Å². The monoisotopic (exact) mass is 1060 g/mol. The first-order chi connectivity index (χ1) is 34.4. The van der Waals surface area contributed by atoms with E-state index >= 15 is 0 Å². The normalized spacial score (nSPS) is 13.5. The van der Waals surface area contributed by atoms with Crippen molar-refractivity contribution in [2.24, 2.45) is 0 Å². The molecule has 68 heavy (non-hydrogen) atoms. The summed E-state index contributed by atoms with van der Waals surface area (Å²) in [5.74, 6) is 1.85. The molecule has 0 radical (unpaired) electrons. The number of hydrogen-bond acceptors (Lipinski definition) is 2. The Morgan fingerprint density at radius 2 is 1.22 bits per heavy atom. The van der Waals surface area contributed by atoms with Gasteiger partial charge in [0, 0.05) is 15.9 Å². The zero-order chi connectivity index (χ0) is 48.6. The molecule has 0 fully saturated rings. The molecular formula is C62H50N4OPt. The number of fused-ring (bicyclic) bond motifs is 5. The van der Waals surface area contributed by atoms with Crippen molar-refractivity contribution in [3.05, 3.63) is 220 Å². The summed E-state index contributed by atoms with van der Waals surface area (Å²) in [6, 6.07) is 65.3. The van der Waals surface area contributed by atoms with E-state index in [1.807, 2.05) is 48.5 Å². The standard InChI is InChI=1S/C62H50N4O.Pt/c1-41-35-59(63-39-54(41)43-29-31-46(32-30-43)62(2,3)4)66-55-26-12-11-24-51(55)52-34-33-49(38-58(52)66)67-48-23-16-22-47(37-48)64-40-65(57-28-14-13-27-56(57)64)61-53(42-17-7-5-8-18-42)36-45-21-15-25-50(45)60(61)44-19-9-6-10-20-44;/h5-14,16-20,22-24,26-39H,15,21,25H2,1-4H3;/i1D3;. The van der Waals surface area contributed by atoms with Crippen LogP contribution in [0.1, 0.15) is 53.6 Å². The third-order valence-corrected chi connectivity index (χ3v) is 14.6. The molecule has 0 aliphatic heterocycles. The molecule has 0 atom stereocenters. The average molecular weight is 1070 g/mol. The van der Waals surface area contributed by atoms with Crippen LogP contribution in [0.2, 0.25) is 0 Å². The Bertz CT molecular complexity index is 3920. The van der Waals surface area contributed by atoms with Crippen molar-refractivity contribution in [1.29, 1.82) is 0 Å². The van der Waals surface area contributed by atoms with Crippen molar-refractivity contribution in [2.75, 3.05) is 0 Å². The third kappa shape index (κ3) is 7.20. The van der Waals surface area contributed by atoms with Crippen LogP contribution in [0.5, 0.6) is 11.5 Å². The van der Waals surface area contributed by atoms with E-state index in [1.54, 1.807) is 12.3 Å². The Balaban J connectivity index is 0.973. The zero-order valence-electron chi connectivity index (χ0n) is 41.1. The van der Waals surface area contributed by atoms with Gasteiger partial charge in [-0.2, -0.15) is 0 Å². The molecule has 5 nitrogen and oxygen atoms in total. The smallest absolute Gasteiger partial charge is 0.0579 e. The minimum atomic E-state index is -2.38. The molecule has 0 saturated carbocycles. The second kappa shape index (κ2) is 16.8. The number of nitrogens with zero attached hydrogens (tertiary/aromatic N) is 4. The van der Waals surface area contributed by atoms with Crippen molar-refractivity contribution in [3.8, 4) is 62.1 Å². The molecule has 1 aliphatic carbocycles. The number of ether oxygens (including phenoxy) is 1. The summed E-state index contributed by atoms with van der Waals surface area (Å²) in [5, 5.41) is 2.04. The van der Waals surface area contributed by atoms with Crippen molar-refractivity contribution in [2.45, 2.75) is 52.3 Å². The molecule has 11 aromatic rings. The van der Waals surface area contributed by atoms with Gasteiger partial charge in [-0.25, -0.2) is 0 Å². The maximum absolute atomic E-state index is 8.68. The van der Waals surface area contributed by atoms with Crippen molar-refractivity contribution < 1.29 is 28.2 Å². The Morgan fingerprint density at radius 1 is 0.559 bits per heavy atom. The van der Waals surface area contributed by atoms with Crippen LogP contribution in [-0.2, 0) is 37.6 Å². The molecular weight excluding hydrogens is 1010 g/mol. The molecule has 3 heterocycles. The van der Waals surface area contributed by atoms with Gasteiger partial charge in [-0.3, -0.25) is 0 Å². The Kier molecular flexibility index (Phi) is 9.55. The van der Waals surface area contributed by atoms with E-state index in [0.717, 1.165) is 67.2 Å². The minimum Gasteiger partial charge on any atom is -0.0579 e. The number of pyridine rings is 1. The summed E-state index contributed by atoms with van der Waals surface area (Å²) < 4.78 is 40.8. The summed E-state index contributed by atoms with van der Waals surface area (Å²) in [7, 11) is 0.